The summed E-state index contributed by atoms with van der Waals surface area (Å²) < 4.78 is 10.3. The topological polar surface area (TPSA) is 59.1 Å². The SMILES string of the molecule is COC(=O)C(C)CN1CCC[C@H](C2CCN(C(=O)OC(C)(C)C)CC2)C1. The number of piperidine rings is 2. The largest absolute Gasteiger partial charge is 0.469 e. The highest BCUT2D eigenvalue weighted by molar-refractivity contribution is 5.72. The standard InChI is InChI=1S/C20H36N2O4/c1-15(18(23)25-5)13-21-10-6-7-17(14-21)16-8-11-22(12-9-16)19(24)26-20(2,3)4/h15-17H,6-14H2,1-5H3/t15?,17-/m0/s1. The maximum atomic E-state index is 12.2. The van der Waals surface area contributed by atoms with Crippen LogP contribution in [0.3, 0.4) is 0 Å². The molecule has 2 fully saturated rings. The number of hydrogen-bond acceptors (Lipinski definition) is 5. The summed E-state index contributed by atoms with van der Waals surface area (Å²) in [7, 11) is 1.45. The molecule has 0 aromatic heterocycles. The van der Waals surface area contributed by atoms with Gasteiger partial charge in [0.25, 0.3) is 0 Å². The van der Waals surface area contributed by atoms with Crippen LogP contribution < -0.4 is 0 Å². The molecule has 0 radical (unpaired) electrons. The van der Waals surface area contributed by atoms with E-state index in [0.717, 1.165) is 45.6 Å². The highest BCUT2D eigenvalue weighted by Gasteiger charge is 2.33. The fourth-order valence-corrected chi connectivity index (χ4v) is 4.18. The fourth-order valence-electron chi connectivity index (χ4n) is 4.18. The molecule has 0 N–H and O–H groups in total. The highest BCUT2D eigenvalue weighted by Crippen LogP contribution is 2.32. The molecule has 0 aromatic carbocycles. The predicted molar refractivity (Wildman–Crippen MR) is 101 cm³/mol. The number of ether oxygens (including phenoxy) is 2. The summed E-state index contributed by atoms with van der Waals surface area (Å²) in [6, 6.07) is 0. The van der Waals surface area contributed by atoms with Gasteiger partial charge in [0.1, 0.15) is 5.60 Å². The van der Waals surface area contributed by atoms with Gasteiger partial charge in [0.05, 0.1) is 13.0 Å². The maximum Gasteiger partial charge on any atom is 0.410 e. The van der Waals surface area contributed by atoms with Gasteiger partial charge in [0.2, 0.25) is 0 Å². The molecular weight excluding hydrogens is 332 g/mol. The normalized spacial score (nSPS) is 24.2. The van der Waals surface area contributed by atoms with Crippen LogP contribution in [-0.2, 0) is 14.3 Å². The minimum absolute atomic E-state index is 0.0761. The molecule has 1 unspecified atom stereocenters. The van der Waals surface area contributed by atoms with Crippen LogP contribution in [-0.4, -0.2) is 67.3 Å². The zero-order chi connectivity index (χ0) is 19.3. The second kappa shape index (κ2) is 9.07. The molecule has 26 heavy (non-hydrogen) atoms. The Kier molecular flexibility index (Phi) is 7.33. The van der Waals surface area contributed by atoms with Crippen molar-refractivity contribution in [3.63, 3.8) is 0 Å². The minimum atomic E-state index is -0.436. The molecule has 0 aromatic rings. The minimum Gasteiger partial charge on any atom is -0.469 e. The second-order valence-electron chi connectivity index (χ2n) is 8.89. The maximum absolute atomic E-state index is 12.2. The van der Waals surface area contributed by atoms with Crippen LogP contribution in [0.4, 0.5) is 4.79 Å². The zero-order valence-corrected chi connectivity index (χ0v) is 17.1. The second-order valence-corrected chi connectivity index (χ2v) is 8.89. The lowest BCUT2D eigenvalue weighted by molar-refractivity contribution is -0.145. The van der Waals surface area contributed by atoms with Crippen molar-refractivity contribution in [3.05, 3.63) is 0 Å². The smallest absolute Gasteiger partial charge is 0.410 e. The van der Waals surface area contributed by atoms with Crippen molar-refractivity contribution in [2.75, 3.05) is 39.8 Å². The number of carbonyl (C=O) groups excluding carboxylic acids is 2. The first kappa shape index (κ1) is 21.0. The number of hydrogen-bond donors (Lipinski definition) is 0. The molecule has 0 spiro atoms. The third-order valence-electron chi connectivity index (χ3n) is 5.54. The van der Waals surface area contributed by atoms with Gasteiger partial charge in [-0.3, -0.25) is 4.79 Å². The van der Waals surface area contributed by atoms with E-state index in [1.54, 1.807) is 0 Å². The molecule has 2 atom stereocenters. The van der Waals surface area contributed by atoms with Crippen molar-refractivity contribution in [1.29, 1.82) is 0 Å². The fraction of sp³-hybridized carbons (Fsp3) is 0.900. The molecule has 2 aliphatic rings. The first-order valence-corrected chi connectivity index (χ1v) is 9.97. The Bertz CT molecular complexity index is 481. The summed E-state index contributed by atoms with van der Waals surface area (Å²) in [6.07, 6.45) is 4.34. The van der Waals surface area contributed by atoms with Gasteiger partial charge < -0.3 is 19.3 Å². The van der Waals surface area contributed by atoms with Crippen LogP contribution in [0.15, 0.2) is 0 Å². The van der Waals surface area contributed by atoms with Crippen LogP contribution in [0.5, 0.6) is 0 Å². The molecular formula is C20H36N2O4. The van der Waals surface area contributed by atoms with Gasteiger partial charge in [-0.25, -0.2) is 4.79 Å². The quantitative estimate of drug-likeness (QED) is 0.714. The van der Waals surface area contributed by atoms with E-state index in [9.17, 15) is 9.59 Å². The molecule has 6 nitrogen and oxygen atoms in total. The summed E-state index contributed by atoms with van der Waals surface area (Å²) >= 11 is 0. The number of esters is 1. The first-order valence-electron chi connectivity index (χ1n) is 9.97. The van der Waals surface area contributed by atoms with Crippen molar-refractivity contribution in [3.8, 4) is 0 Å². The molecule has 2 saturated heterocycles. The van der Waals surface area contributed by atoms with Gasteiger partial charge in [-0.15, -0.1) is 0 Å². The Morgan fingerprint density at radius 2 is 1.73 bits per heavy atom. The van der Waals surface area contributed by atoms with Crippen LogP contribution in [0.25, 0.3) is 0 Å². The van der Waals surface area contributed by atoms with Crippen molar-refractivity contribution >= 4 is 12.1 Å². The number of rotatable bonds is 4. The van der Waals surface area contributed by atoms with Gasteiger partial charge in [-0.2, -0.15) is 0 Å². The number of methoxy groups -OCH3 is 1. The van der Waals surface area contributed by atoms with E-state index >= 15 is 0 Å². The van der Waals surface area contributed by atoms with E-state index in [0.29, 0.717) is 11.8 Å². The Balaban J connectivity index is 1.79. The molecule has 2 rings (SSSR count). The molecule has 0 saturated carbocycles. The summed E-state index contributed by atoms with van der Waals surface area (Å²) in [5.41, 5.74) is -0.436. The molecule has 150 valence electrons. The van der Waals surface area contributed by atoms with Crippen LogP contribution in [0.1, 0.15) is 53.4 Å². The number of carbonyl (C=O) groups is 2. The van der Waals surface area contributed by atoms with Crippen LogP contribution in [0.2, 0.25) is 0 Å². The molecule has 1 amide bonds. The summed E-state index contributed by atoms with van der Waals surface area (Å²) in [5, 5.41) is 0. The van der Waals surface area contributed by atoms with Crippen molar-refractivity contribution in [1.82, 2.24) is 9.80 Å². The number of nitrogens with zero attached hydrogens (tertiary/aromatic N) is 2. The van der Waals surface area contributed by atoms with Gasteiger partial charge in [-0.1, -0.05) is 6.92 Å². The summed E-state index contributed by atoms with van der Waals surface area (Å²) in [6.45, 7) is 12.1. The Labute approximate surface area is 158 Å². The monoisotopic (exact) mass is 368 g/mol. The third kappa shape index (κ3) is 6.15. The van der Waals surface area contributed by atoms with Crippen LogP contribution in [0, 0.1) is 17.8 Å². The lowest BCUT2D eigenvalue weighted by Gasteiger charge is -2.41. The summed E-state index contributed by atoms with van der Waals surface area (Å²) in [4.78, 5) is 28.1. The molecule has 6 heteroatoms. The van der Waals surface area contributed by atoms with E-state index < -0.39 is 5.60 Å². The molecule has 0 aliphatic carbocycles. The zero-order valence-electron chi connectivity index (χ0n) is 17.1. The highest BCUT2D eigenvalue weighted by atomic mass is 16.6. The molecule has 2 heterocycles. The predicted octanol–water partition coefficient (Wildman–Crippen LogP) is 3.15. The van der Waals surface area contributed by atoms with Crippen molar-refractivity contribution < 1.29 is 19.1 Å². The third-order valence-corrected chi connectivity index (χ3v) is 5.54. The van der Waals surface area contributed by atoms with E-state index in [-0.39, 0.29) is 18.0 Å². The van der Waals surface area contributed by atoms with E-state index in [1.807, 2.05) is 32.6 Å². The van der Waals surface area contributed by atoms with E-state index in [1.165, 1.54) is 20.0 Å². The Hall–Kier alpha value is -1.30. The average Bonchev–Trinajstić information content (AvgIpc) is 2.60. The van der Waals surface area contributed by atoms with Gasteiger partial charge >= 0.3 is 12.1 Å². The summed E-state index contributed by atoms with van der Waals surface area (Å²) in [5.74, 6) is 1.12. The molecule has 0 bridgehead atoms. The van der Waals surface area contributed by atoms with Crippen molar-refractivity contribution in [2.45, 2.75) is 59.0 Å². The van der Waals surface area contributed by atoms with E-state index in [2.05, 4.69) is 4.90 Å². The lowest BCUT2D eigenvalue weighted by Crippen LogP contribution is -2.46. The van der Waals surface area contributed by atoms with Crippen LogP contribution >= 0.6 is 0 Å². The Morgan fingerprint density at radius 3 is 2.31 bits per heavy atom. The molecule has 2 aliphatic heterocycles. The van der Waals surface area contributed by atoms with Gasteiger partial charge in [0, 0.05) is 26.2 Å². The lowest BCUT2D eigenvalue weighted by atomic mass is 9.79. The Morgan fingerprint density at radius 1 is 1.08 bits per heavy atom. The van der Waals surface area contributed by atoms with Gasteiger partial charge in [-0.05, 0) is 64.8 Å². The first-order chi connectivity index (χ1) is 12.2. The van der Waals surface area contributed by atoms with E-state index in [4.69, 9.17) is 9.47 Å². The number of amides is 1. The van der Waals surface area contributed by atoms with Crippen molar-refractivity contribution in [2.24, 2.45) is 17.8 Å². The number of likely N-dealkylation sites (tertiary alicyclic amines) is 2. The van der Waals surface area contributed by atoms with Gasteiger partial charge in [0.15, 0.2) is 0 Å². The average molecular weight is 369 g/mol.